The fraction of sp³-hybridized carbons (Fsp3) is 0.426. The van der Waals surface area contributed by atoms with Gasteiger partial charge >= 0.3 is 0 Å². The molecule has 22 heteroatoms. The van der Waals surface area contributed by atoms with Gasteiger partial charge in [0, 0.05) is 55.2 Å². The van der Waals surface area contributed by atoms with Gasteiger partial charge in [0.05, 0.1) is 43.0 Å². The number of ether oxygens (including phenoxy) is 1. The van der Waals surface area contributed by atoms with E-state index in [0.717, 1.165) is 33.4 Å². The summed E-state index contributed by atoms with van der Waals surface area (Å²) in [5.74, 6) is 3.20. The predicted molar refractivity (Wildman–Crippen MR) is 269 cm³/mol. The fourth-order valence-corrected chi connectivity index (χ4v) is 7.13. The summed E-state index contributed by atoms with van der Waals surface area (Å²) in [4.78, 5) is 71.5. The Balaban J connectivity index is 0.000000142. The van der Waals surface area contributed by atoms with Crippen LogP contribution >= 0.6 is 0 Å². The number of nitrogens with one attached hydrogen (secondary N) is 1. The number of ketones is 1. The zero-order chi connectivity index (χ0) is 50.3. The van der Waals surface area contributed by atoms with E-state index in [9.17, 15) is 9.59 Å². The molecule has 0 radical (unpaired) electrons. The maximum absolute atomic E-state index is 11.5. The highest BCUT2D eigenvalue weighted by Crippen LogP contribution is 2.27. The average Bonchev–Trinajstić information content (AvgIpc) is 4.14. The molecule has 1 aliphatic heterocycles. The van der Waals surface area contributed by atoms with Gasteiger partial charge in [-0.25, -0.2) is 49.8 Å². The number of Topliss-reactive ketones (excluding diaryl/α,β-unsaturated/α-hetero) is 1. The number of fused-ring (bicyclic) bond motifs is 5. The molecule has 1 aliphatic rings. The van der Waals surface area contributed by atoms with E-state index in [1.54, 1.807) is 50.7 Å². The Hall–Kier alpha value is -7.91. The van der Waals surface area contributed by atoms with E-state index in [-0.39, 0.29) is 17.4 Å². The van der Waals surface area contributed by atoms with Crippen molar-refractivity contribution in [2.45, 2.75) is 127 Å². The number of hydrogen-bond acceptors (Lipinski definition) is 16. The van der Waals surface area contributed by atoms with Crippen molar-refractivity contribution in [1.29, 1.82) is 0 Å². The van der Waals surface area contributed by atoms with Crippen LogP contribution in [-0.4, -0.2) is 96.3 Å². The first-order valence-electron chi connectivity index (χ1n) is 22.9. The van der Waals surface area contributed by atoms with Crippen LogP contribution in [0, 0.1) is 13.8 Å². The largest absolute Gasteiger partial charge is 0.476 e. The molecule has 9 aromatic heterocycles. The second kappa shape index (κ2) is 21.8. The van der Waals surface area contributed by atoms with Crippen molar-refractivity contribution in [2.75, 3.05) is 18.1 Å². The minimum absolute atomic E-state index is 0.0596. The lowest BCUT2D eigenvalue weighted by atomic mass is 10.2. The van der Waals surface area contributed by atoms with Crippen LogP contribution in [0.15, 0.2) is 65.9 Å². The molecule has 0 amide bonds. The molecule has 0 fully saturated rings. The van der Waals surface area contributed by atoms with E-state index < -0.39 is 0 Å². The number of nitrogen functional groups attached to an aromatic ring is 2. The van der Waals surface area contributed by atoms with Gasteiger partial charge < -0.3 is 44.0 Å². The van der Waals surface area contributed by atoms with E-state index in [0.29, 0.717) is 88.9 Å². The zero-order valence-corrected chi connectivity index (χ0v) is 41.6. The average molecular weight is 942 g/mol. The quantitative estimate of drug-likeness (QED) is 0.136. The molecule has 10 rings (SSSR count). The number of aromatic nitrogens is 16. The third kappa shape index (κ3) is 11.3. The number of rotatable bonds is 7. The number of nitrogens with zero attached hydrogens (tertiary/aromatic N) is 16. The highest BCUT2D eigenvalue weighted by molar-refractivity contribution is 6.08. The summed E-state index contributed by atoms with van der Waals surface area (Å²) >= 11 is 0. The number of imidazole rings is 4. The van der Waals surface area contributed by atoms with Crippen molar-refractivity contribution in [3.05, 3.63) is 83.9 Å². The molecule has 22 nitrogen and oxygen atoms in total. The van der Waals surface area contributed by atoms with Crippen molar-refractivity contribution >= 4 is 73.8 Å². The van der Waals surface area contributed by atoms with Gasteiger partial charge in [-0.15, -0.1) is 0 Å². The van der Waals surface area contributed by atoms with Crippen LogP contribution in [0.1, 0.15) is 135 Å². The molecule has 0 aliphatic carbocycles. The number of aryl methyl sites for hydroxylation is 2. The molecule has 0 saturated carbocycles. The first kappa shape index (κ1) is 50.5. The summed E-state index contributed by atoms with van der Waals surface area (Å²) in [6.07, 6.45) is 14.1. The number of nitrogens with two attached hydrogens (primary N) is 2. The number of carbonyl (C=O) groups excluding carboxylic acids is 1. The Labute approximate surface area is 399 Å². The fourth-order valence-electron chi connectivity index (χ4n) is 7.13. The maximum Gasteiger partial charge on any atom is 0.279 e. The number of H-pyrrole nitrogens is 1. The summed E-state index contributed by atoms with van der Waals surface area (Å²) in [6, 6.07) is 5.35. The highest BCUT2D eigenvalue weighted by Gasteiger charge is 2.21. The van der Waals surface area contributed by atoms with Crippen LogP contribution < -0.4 is 21.8 Å². The molecular weight excluding hydrogens is 879 g/mol. The topological polar surface area (TPSA) is 277 Å². The van der Waals surface area contributed by atoms with E-state index in [1.807, 2.05) is 72.1 Å². The lowest BCUT2D eigenvalue weighted by Crippen LogP contribution is -2.11. The van der Waals surface area contributed by atoms with Crippen LogP contribution in [0.25, 0.3) is 44.5 Å². The molecule has 0 unspecified atom stereocenters. The van der Waals surface area contributed by atoms with Crippen molar-refractivity contribution in [2.24, 2.45) is 4.99 Å². The molecule has 0 saturated heterocycles. The van der Waals surface area contributed by atoms with Crippen LogP contribution in [0.4, 0.5) is 17.3 Å². The second-order valence-electron chi connectivity index (χ2n) is 17.5. The van der Waals surface area contributed by atoms with Gasteiger partial charge in [-0.05, 0) is 102 Å². The van der Waals surface area contributed by atoms with Crippen molar-refractivity contribution in [1.82, 2.24) is 77.7 Å². The first-order chi connectivity index (χ1) is 32.8. The third-order valence-electron chi connectivity index (χ3n) is 10.7. The number of hydrogen-bond donors (Lipinski definition) is 3. The Morgan fingerprint density at radius 3 is 1.84 bits per heavy atom. The predicted octanol–water partition coefficient (Wildman–Crippen LogP) is 8.06. The minimum Gasteiger partial charge on any atom is -0.476 e. The monoisotopic (exact) mass is 942 g/mol. The van der Waals surface area contributed by atoms with Gasteiger partial charge in [-0.1, -0.05) is 0 Å². The Bertz CT molecular complexity index is 3190. The van der Waals surface area contributed by atoms with E-state index >= 15 is 0 Å². The highest BCUT2D eigenvalue weighted by atomic mass is 16.5. The van der Waals surface area contributed by atoms with Gasteiger partial charge in [0.2, 0.25) is 5.88 Å². The SMILES string of the molecule is CC(C)n1ccc2c(N)ncnc21.CC(C)n1cnc2c(N)ccnc21.CC(C)n1cnc2c1N=CCC2=O.CCOc1nc(C)nc2c1ncn2C(C)C.Cc1nc2c(ncn2C(C)C)c(=O)[nH]1. The molecule has 9 aromatic rings. The van der Waals surface area contributed by atoms with Crippen LogP contribution in [0.2, 0.25) is 0 Å². The van der Waals surface area contributed by atoms with Crippen molar-refractivity contribution in [3.63, 3.8) is 0 Å². The summed E-state index contributed by atoms with van der Waals surface area (Å²) in [7, 11) is 0. The maximum atomic E-state index is 11.5. The Morgan fingerprint density at radius 1 is 0.638 bits per heavy atom. The van der Waals surface area contributed by atoms with E-state index in [1.165, 1.54) is 6.33 Å². The van der Waals surface area contributed by atoms with E-state index in [2.05, 4.69) is 106 Å². The lowest BCUT2D eigenvalue weighted by molar-refractivity contribution is 0.0996. The summed E-state index contributed by atoms with van der Waals surface area (Å²) in [5, 5.41) is 0.927. The molecule has 0 atom stereocenters. The second-order valence-corrected chi connectivity index (χ2v) is 17.5. The normalized spacial score (nSPS) is 12.1. The number of carbonyl (C=O) groups is 1. The summed E-state index contributed by atoms with van der Waals surface area (Å²) < 4.78 is 15.4. The summed E-state index contributed by atoms with van der Waals surface area (Å²) in [5.41, 5.74) is 17.7. The van der Waals surface area contributed by atoms with E-state index in [4.69, 9.17) is 16.2 Å². The number of anilines is 2. The molecule has 364 valence electrons. The zero-order valence-electron chi connectivity index (χ0n) is 41.6. The molecule has 5 N–H and O–H groups in total. The first-order valence-corrected chi connectivity index (χ1v) is 22.9. The van der Waals surface area contributed by atoms with Crippen LogP contribution in [0.5, 0.6) is 5.88 Å². The molecule has 0 spiro atoms. The standard InChI is InChI=1S/C11H16N4O.C9H12N4O.2C9H12N4.C9H11N3O/c1-5-16-11-9-10(13-8(4)14-11)15(6-12-9)7(2)3;1-5(2)13-4-10-7-8(13)11-6(3)12-9(7)14;1-6(2)13-5-12-8-7(10)3-4-11-9(8)13;1-6(2)13-4-3-7-8(10)11-5-12-9(7)13;1-6(2)12-5-11-8-7(13)3-4-10-9(8)12/h6-7H,5H2,1-4H3;4-5H,1-3H3,(H,11,12,14);3-6H,1-2H3,(H2,10,11);3-6H,1-2H3,(H2,10,11,12);4-6H,3H2,1-2H3. The molecule has 0 bridgehead atoms. The molecule has 0 aromatic carbocycles. The number of aliphatic imine (C=N–C) groups is 1. The number of pyridine rings is 1. The smallest absolute Gasteiger partial charge is 0.279 e. The minimum atomic E-state index is -0.174. The Kier molecular flexibility index (Phi) is 16.0. The van der Waals surface area contributed by atoms with Crippen LogP contribution in [0.3, 0.4) is 0 Å². The lowest BCUT2D eigenvalue weighted by Gasteiger charge is -2.10. The van der Waals surface area contributed by atoms with Gasteiger partial charge in [-0.3, -0.25) is 9.59 Å². The summed E-state index contributed by atoms with van der Waals surface area (Å²) in [6.45, 7) is 26.9. The molecule has 69 heavy (non-hydrogen) atoms. The molecule has 10 heterocycles. The van der Waals surface area contributed by atoms with Gasteiger partial charge in [-0.2, -0.15) is 4.98 Å². The van der Waals surface area contributed by atoms with Crippen molar-refractivity contribution < 1.29 is 9.53 Å². The van der Waals surface area contributed by atoms with Crippen molar-refractivity contribution in [3.8, 4) is 5.88 Å². The van der Waals surface area contributed by atoms with Gasteiger partial charge in [0.15, 0.2) is 45.3 Å². The third-order valence-corrected chi connectivity index (χ3v) is 10.7. The van der Waals surface area contributed by atoms with Crippen LogP contribution in [-0.2, 0) is 0 Å². The van der Waals surface area contributed by atoms with Gasteiger partial charge in [0.1, 0.15) is 35.0 Å². The van der Waals surface area contributed by atoms with Gasteiger partial charge in [0.25, 0.3) is 5.56 Å². The number of aromatic amines is 1. The molecular formula is C47H63N19O3. The Morgan fingerprint density at radius 2 is 1.22 bits per heavy atom.